The summed E-state index contributed by atoms with van der Waals surface area (Å²) in [4.78, 5) is 31.5. The summed E-state index contributed by atoms with van der Waals surface area (Å²) in [6.45, 7) is -0.954. The molecule has 0 bridgehead atoms. The number of aliphatic hydroxyl groups is 2. The lowest BCUT2D eigenvalue weighted by atomic mass is 10.1. The van der Waals surface area contributed by atoms with Crippen LogP contribution in [0.2, 0.25) is 5.02 Å². The van der Waals surface area contributed by atoms with Crippen LogP contribution >= 0.6 is 11.6 Å². The Kier molecular flexibility index (Phi) is 5.52. The lowest BCUT2D eigenvalue weighted by Crippen LogP contribution is -2.34. The molecular formula is C10H10ClN3O7. The van der Waals surface area contributed by atoms with Crippen molar-refractivity contribution in [1.29, 1.82) is 0 Å². The van der Waals surface area contributed by atoms with Crippen molar-refractivity contribution in [3.8, 4) is 0 Å². The van der Waals surface area contributed by atoms with Gasteiger partial charge in [0.2, 0.25) is 0 Å². The molecule has 1 unspecified atom stereocenters. The molecule has 1 aromatic carbocycles. The Bertz CT molecular complexity index is 592. The van der Waals surface area contributed by atoms with Gasteiger partial charge in [-0.2, -0.15) is 0 Å². The van der Waals surface area contributed by atoms with Gasteiger partial charge in [-0.25, -0.2) is 0 Å². The van der Waals surface area contributed by atoms with Crippen LogP contribution in [0.3, 0.4) is 0 Å². The first-order valence-electron chi connectivity index (χ1n) is 5.47. The normalized spacial score (nSPS) is 11.8. The summed E-state index contributed by atoms with van der Waals surface area (Å²) in [6, 6.07) is 1.39. The summed E-state index contributed by atoms with van der Waals surface area (Å²) >= 11 is 5.60. The monoisotopic (exact) mass is 319 g/mol. The predicted octanol–water partition coefficient (Wildman–Crippen LogP) is 0.239. The number of nitro groups is 2. The van der Waals surface area contributed by atoms with E-state index in [0.29, 0.717) is 6.07 Å². The van der Waals surface area contributed by atoms with E-state index in [1.807, 2.05) is 0 Å². The van der Waals surface area contributed by atoms with Gasteiger partial charge >= 0.3 is 0 Å². The summed E-state index contributed by atoms with van der Waals surface area (Å²) in [5.41, 5.74) is -1.97. The van der Waals surface area contributed by atoms with Crippen LogP contribution in [0.4, 0.5) is 11.4 Å². The third-order valence-corrected chi connectivity index (χ3v) is 2.71. The van der Waals surface area contributed by atoms with E-state index in [0.717, 1.165) is 6.07 Å². The van der Waals surface area contributed by atoms with Crippen LogP contribution in [-0.2, 0) is 0 Å². The Morgan fingerprint density at radius 2 is 1.86 bits per heavy atom. The van der Waals surface area contributed by atoms with Gasteiger partial charge in [-0.05, 0) is 6.07 Å². The van der Waals surface area contributed by atoms with Crippen LogP contribution in [0, 0.1) is 20.2 Å². The average Bonchev–Trinajstić information content (AvgIpc) is 2.43. The molecule has 0 spiro atoms. The standard InChI is InChI=1S/C10H10ClN3O7/c11-7-1-6(10(17)12-3-5(16)4-15)8(13(18)19)2-9(7)14(20)21/h1-2,5,15-16H,3-4H2,(H,12,17). The number of rotatable bonds is 6. The van der Waals surface area contributed by atoms with Crippen molar-refractivity contribution in [2.24, 2.45) is 0 Å². The third-order valence-electron chi connectivity index (χ3n) is 2.41. The highest BCUT2D eigenvalue weighted by Gasteiger charge is 2.27. The number of aliphatic hydroxyl groups excluding tert-OH is 2. The van der Waals surface area contributed by atoms with Crippen LogP contribution in [-0.4, -0.2) is 45.2 Å². The zero-order valence-corrected chi connectivity index (χ0v) is 11.1. The van der Waals surface area contributed by atoms with Gasteiger partial charge < -0.3 is 15.5 Å². The van der Waals surface area contributed by atoms with E-state index in [-0.39, 0.29) is 6.54 Å². The molecule has 1 rings (SSSR count). The number of amides is 1. The molecule has 0 heterocycles. The lowest BCUT2D eigenvalue weighted by Gasteiger charge is -2.09. The van der Waals surface area contributed by atoms with Crippen molar-refractivity contribution in [3.63, 3.8) is 0 Å². The molecule has 114 valence electrons. The van der Waals surface area contributed by atoms with E-state index in [2.05, 4.69) is 5.32 Å². The van der Waals surface area contributed by atoms with Gasteiger partial charge in [0, 0.05) is 6.54 Å². The van der Waals surface area contributed by atoms with Crippen LogP contribution < -0.4 is 5.32 Å². The van der Waals surface area contributed by atoms with E-state index in [1.165, 1.54) is 0 Å². The number of carbonyl (C=O) groups is 1. The molecule has 1 aromatic rings. The quantitative estimate of drug-likeness (QED) is 0.500. The Balaban J connectivity index is 3.16. The topological polar surface area (TPSA) is 156 Å². The predicted molar refractivity (Wildman–Crippen MR) is 70.2 cm³/mol. The van der Waals surface area contributed by atoms with Crippen molar-refractivity contribution in [2.75, 3.05) is 13.2 Å². The molecule has 0 aliphatic rings. The van der Waals surface area contributed by atoms with E-state index >= 15 is 0 Å². The number of nitro benzene ring substituents is 2. The first-order chi connectivity index (χ1) is 9.77. The van der Waals surface area contributed by atoms with Crippen molar-refractivity contribution in [3.05, 3.63) is 42.9 Å². The van der Waals surface area contributed by atoms with Gasteiger partial charge in [-0.1, -0.05) is 11.6 Å². The van der Waals surface area contributed by atoms with E-state index in [9.17, 15) is 25.0 Å². The van der Waals surface area contributed by atoms with E-state index in [4.69, 9.17) is 21.8 Å². The SMILES string of the molecule is O=C(NCC(O)CO)c1cc(Cl)c([N+](=O)[O-])cc1[N+](=O)[O-]. The zero-order valence-electron chi connectivity index (χ0n) is 10.4. The molecule has 1 atom stereocenters. The Morgan fingerprint density at radius 1 is 1.29 bits per heavy atom. The highest BCUT2D eigenvalue weighted by atomic mass is 35.5. The number of hydrogen-bond acceptors (Lipinski definition) is 7. The minimum Gasteiger partial charge on any atom is -0.394 e. The second-order valence-corrected chi connectivity index (χ2v) is 4.29. The van der Waals surface area contributed by atoms with Gasteiger partial charge in [0.1, 0.15) is 10.6 Å². The summed E-state index contributed by atoms with van der Waals surface area (Å²) < 4.78 is 0. The lowest BCUT2D eigenvalue weighted by molar-refractivity contribution is -0.394. The molecule has 11 heteroatoms. The van der Waals surface area contributed by atoms with Crippen molar-refractivity contribution in [1.82, 2.24) is 5.32 Å². The number of carbonyl (C=O) groups excluding carboxylic acids is 1. The fraction of sp³-hybridized carbons (Fsp3) is 0.300. The van der Waals surface area contributed by atoms with E-state index < -0.39 is 50.4 Å². The summed E-state index contributed by atoms with van der Waals surface area (Å²) in [6.07, 6.45) is -1.23. The second kappa shape index (κ2) is 6.92. The number of hydrogen-bond donors (Lipinski definition) is 3. The molecule has 0 saturated carbocycles. The van der Waals surface area contributed by atoms with E-state index in [1.54, 1.807) is 0 Å². The number of nitrogens with one attached hydrogen (secondary N) is 1. The first-order valence-corrected chi connectivity index (χ1v) is 5.85. The first kappa shape index (κ1) is 16.8. The summed E-state index contributed by atoms with van der Waals surface area (Å²) in [7, 11) is 0. The Labute approximate surface area is 122 Å². The second-order valence-electron chi connectivity index (χ2n) is 3.88. The minimum absolute atomic E-state index is 0.346. The van der Waals surface area contributed by atoms with Gasteiger partial charge in [0.05, 0.1) is 28.6 Å². The fourth-order valence-electron chi connectivity index (χ4n) is 1.39. The minimum atomic E-state index is -1.23. The van der Waals surface area contributed by atoms with Crippen LogP contribution in [0.25, 0.3) is 0 Å². The van der Waals surface area contributed by atoms with Crippen LogP contribution in [0.15, 0.2) is 12.1 Å². The van der Waals surface area contributed by atoms with Gasteiger partial charge in [-0.3, -0.25) is 25.0 Å². The number of halogens is 1. The molecule has 0 aliphatic carbocycles. The molecule has 0 radical (unpaired) electrons. The maximum atomic E-state index is 11.8. The maximum absolute atomic E-state index is 11.8. The van der Waals surface area contributed by atoms with Crippen molar-refractivity contribution < 1.29 is 24.9 Å². The Morgan fingerprint density at radius 3 is 2.33 bits per heavy atom. The fourth-order valence-corrected chi connectivity index (χ4v) is 1.63. The van der Waals surface area contributed by atoms with Gasteiger partial charge in [0.15, 0.2) is 0 Å². The number of nitrogens with zero attached hydrogens (tertiary/aromatic N) is 2. The van der Waals surface area contributed by atoms with Crippen molar-refractivity contribution >= 4 is 28.9 Å². The maximum Gasteiger partial charge on any atom is 0.294 e. The molecule has 21 heavy (non-hydrogen) atoms. The molecule has 0 fully saturated rings. The summed E-state index contributed by atoms with van der Waals surface area (Å²) in [5, 5.41) is 40.9. The zero-order chi connectivity index (χ0) is 16.2. The van der Waals surface area contributed by atoms with Crippen LogP contribution in [0.1, 0.15) is 10.4 Å². The smallest absolute Gasteiger partial charge is 0.294 e. The largest absolute Gasteiger partial charge is 0.394 e. The van der Waals surface area contributed by atoms with Crippen LogP contribution in [0.5, 0.6) is 0 Å². The highest BCUT2D eigenvalue weighted by molar-refractivity contribution is 6.33. The Hall–Kier alpha value is -2.30. The van der Waals surface area contributed by atoms with Gasteiger partial charge in [0.25, 0.3) is 17.3 Å². The molecule has 0 aromatic heterocycles. The molecule has 3 N–H and O–H groups in total. The summed E-state index contributed by atoms with van der Waals surface area (Å²) in [5.74, 6) is -0.953. The molecule has 10 nitrogen and oxygen atoms in total. The van der Waals surface area contributed by atoms with Crippen molar-refractivity contribution in [2.45, 2.75) is 6.10 Å². The van der Waals surface area contributed by atoms with Gasteiger partial charge in [-0.15, -0.1) is 0 Å². The third kappa shape index (κ3) is 4.08. The molecule has 1 amide bonds. The molecule has 0 aliphatic heterocycles. The number of benzene rings is 1. The average molecular weight is 320 g/mol. The molecular weight excluding hydrogens is 310 g/mol. The molecule has 0 saturated heterocycles. The highest BCUT2D eigenvalue weighted by Crippen LogP contribution is 2.32.